The van der Waals surface area contributed by atoms with Crippen LogP contribution in [0.5, 0.6) is 0 Å². The molecular formula is C13H22O3Si. The van der Waals surface area contributed by atoms with E-state index >= 15 is 0 Å². The molecule has 0 atom stereocenters. The van der Waals surface area contributed by atoms with Crippen LogP contribution in [0.15, 0.2) is 6.07 Å². The van der Waals surface area contributed by atoms with E-state index in [2.05, 4.69) is 33.8 Å². The topological polar surface area (TPSA) is 27.7 Å². The lowest BCUT2D eigenvalue weighted by atomic mass is 10.0. The van der Waals surface area contributed by atoms with Gasteiger partial charge in [0.05, 0.1) is 0 Å². The van der Waals surface area contributed by atoms with E-state index in [0.29, 0.717) is 0 Å². The average molecular weight is 254 g/mol. The van der Waals surface area contributed by atoms with Gasteiger partial charge in [-0.1, -0.05) is 6.07 Å². The van der Waals surface area contributed by atoms with Gasteiger partial charge in [0.25, 0.3) is 0 Å². The summed E-state index contributed by atoms with van der Waals surface area (Å²) in [5.74, 6) is 0. The van der Waals surface area contributed by atoms with Crippen LogP contribution in [0.1, 0.15) is 22.3 Å². The van der Waals surface area contributed by atoms with Crippen LogP contribution in [0.2, 0.25) is 0 Å². The molecule has 17 heavy (non-hydrogen) atoms. The summed E-state index contributed by atoms with van der Waals surface area (Å²) < 4.78 is 16.7. The molecule has 1 aromatic carbocycles. The van der Waals surface area contributed by atoms with E-state index in [1.807, 2.05) is 0 Å². The highest BCUT2D eigenvalue weighted by Gasteiger charge is 2.43. The molecule has 0 amide bonds. The second kappa shape index (κ2) is 5.31. The quantitative estimate of drug-likeness (QED) is 0.769. The highest BCUT2D eigenvalue weighted by atomic mass is 28.4. The molecule has 1 aromatic rings. The van der Waals surface area contributed by atoms with Gasteiger partial charge in [0, 0.05) is 26.5 Å². The SMILES string of the molecule is CO[Si](OC)(OC)c1c(C)cc(C)c(C)c1C. The van der Waals surface area contributed by atoms with E-state index in [0.717, 1.165) is 5.19 Å². The van der Waals surface area contributed by atoms with E-state index in [-0.39, 0.29) is 0 Å². The van der Waals surface area contributed by atoms with Crippen molar-refractivity contribution in [2.75, 3.05) is 21.3 Å². The fourth-order valence-electron chi connectivity index (χ4n) is 2.31. The van der Waals surface area contributed by atoms with Gasteiger partial charge in [-0.25, -0.2) is 0 Å². The molecule has 0 heterocycles. The second-order valence-corrected chi connectivity index (χ2v) is 7.14. The Balaban J connectivity index is 3.54. The maximum atomic E-state index is 5.57. The number of benzene rings is 1. The summed E-state index contributed by atoms with van der Waals surface area (Å²) in [7, 11) is 2.20. The molecule has 0 aliphatic carbocycles. The van der Waals surface area contributed by atoms with E-state index in [1.54, 1.807) is 21.3 Å². The van der Waals surface area contributed by atoms with Gasteiger partial charge in [0.1, 0.15) is 0 Å². The zero-order chi connectivity index (χ0) is 13.2. The molecule has 0 aliphatic heterocycles. The molecule has 0 N–H and O–H groups in total. The van der Waals surface area contributed by atoms with Gasteiger partial charge in [0.2, 0.25) is 0 Å². The molecule has 0 bridgehead atoms. The summed E-state index contributed by atoms with van der Waals surface area (Å²) in [6.07, 6.45) is 0. The van der Waals surface area contributed by atoms with Gasteiger partial charge in [-0.2, -0.15) is 0 Å². The van der Waals surface area contributed by atoms with Crippen molar-refractivity contribution >= 4 is 14.0 Å². The van der Waals surface area contributed by atoms with E-state index < -0.39 is 8.80 Å². The van der Waals surface area contributed by atoms with Gasteiger partial charge in [0.15, 0.2) is 0 Å². The first-order chi connectivity index (χ1) is 7.93. The van der Waals surface area contributed by atoms with Crippen molar-refractivity contribution < 1.29 is 13.3 Å². The first-order valence-corrected chi connectivity index (χ1v) is 7.39. The minimum Gasteiger partial charge on any atom is -0.373 e. The molecule has 3 nitrogen and oxygen atoms in total. The molecule has 0 saturated carbocycles. The summed E-state index contributed by atoms with van der Waals surface area (Å²) in [5.41, 5.74) is 4.94. The zero-order valence-electron chi connectivity index (χ0n) is 11.8. The van der Waals surface area contributed by atoms with Gasteiger partial charge >= 0.3 is 8.80 Å². The van der Waals surface area contributed by atoms with E-state index in [4.69, 9.17) is 13.3 Å². The summed E-state index contributed by atoms with van der Waals surface area (Å²) in [6.45, 7) is 8.42. The number of hydrogen-bond donors (Lipinski definition) is 0. The minimum absolute atomic E-state index is 1.09. The Morgan fingerprint density at radius 3 is 1.65 bits per heavy atom. The van der Waals surface area contributed by atoms with Crippen LogP contribution in [0.3, 0.4) is 0 Å². The fraction of sp³-hybridized carbons (Fsp3) is 0.538. The van der Waals surface area contributed by atoms with Gasteiger partial charge in [-0.05, 0) is 49.9 Å². The average Bonchev–Trinajstić information content (AvgIpc) is 2.32. The van der Waals surface area contributed by atoms with Crippen LogP contribution in [0, 0.1) is 27.7 Å². The third-order valence-corrected chi connectivity index (χ3v) is 6.46. The Hall–Kier alpha value is -0.683. The Morgan fingerprint density at radius 2 is 1.24 bits per heavy atom. The Labute approximate surface area is 105 Å². The second-order valence-electron chi connectivity index (χ2n) is 4.30. The molecule has 4 heteroatoms. The minimum atomic E-state index is -2.74. The van der Waals surface area contributed by atoms with Crippen molar-refractivity contribution in [1.29, 1.82) is 0 Å². The maximum absolute atomic E-state index is 5.57. The number of hydrogen-bond acceptors (Lipinski definition) is 3. The van der Waals surface area contributed by atoms with Crippen molar-refractivity contribution in [2.45, 2.75) is 27.7 Å². The van der Waals surface area contributed by atoms with Crippen LogP contribution >= 0.6 is 0 Å². The predicted octanol–water partition coefficient (Wildman–Crippen LogP) is 2.01. The van der Waals surface area contributed by atoms with Crippen molar-refractivity contribution in [3.63, 3.8) is 0 Å². The molecule has 0 aliphatic rings. The predicted molar refractivity (Wildman–Crippen MR) is 71.8 cm³/mol. The van der Waals surface area contributed by atoms with Crippen molar-refractivity contribution in [1.82, 2.24) is 0 Å². The van der Waals surface area contributed by atoms with Crippen LogP contribution in [0.4, 0.5) is 0 Å². The van der Waals surface area contributed by atoms with E-state index in [9.17, 15) is 0 Å². The fourth-order valence-corrected chi connectivity index (χ4v) is 4.63. The molecule has 0 saturated heterocycles. The zero-order valence-corrected chi connectivity index (χ0v) is 12.8. The van der Waals surface area contributed by atoms with Crippen LogP contribution in [0.25, 0.3) is 0 Å². The summed E-state index contributed by atoms with van der Waals surface area (Å²) in [6, 6.07) is 2.16. The normalized spacial score (nSPS) is 11.9. The maximum Gasteiger partial charge on any atom is 0.536 e. The van der Waals surface area contributed by atoms with Gasteiger partial charge in [-0.15, -0.1) is 0 Å². The Kier molecular flexibility index (Phi) is 4.49. The first kappa shape index (κ1) is 14.4. The van der Waals surface area contributed by atoms with Gasteiger partial charge < -0.3 is 13.3 Å². The molecular weight excluding hydrogens is 232 g/mol. The molecule has 0 unspecified atom stereocenters. The third-order valence-electron chi connectivity index (χ3n) is 3.47. The van der Waals surface area contributed by atoms with Crippen LogP contribution in [-0.2, 0) is 13.3 Å². The van der Waals surface area contributed by atoms with Gasteiger partial charge in [-0.3, -0.25) is 0 Å². The van der Waals surface area contributed by atoms with Crippen molar-refractivity contribution in [3.05, 3.63) is 28.3 Å². The lowest BCUT2D eigenvalue weighted by molar-refractivity contribution is 0.140. The highest BCUT2D eigenvalue weighted by molar-refractivity contribution is 6.76. The van der Waals surface area contributed by atoms with Crippen molar-refractivity contribution in [2.24, 2.45) is 0 Å². The van der Waals surface area contributed by atoms with E-state index in [1.165, 1.54) is 22.3 Å². The molecule has 0 fully saturated rings. The van der Waals surface area contributed by atoms with Crippen molar-refractivity contribution in [3.8, 4) is 0 Å². The number of aryl methyl sites for hydroxylation is 2. The largest absolute Gasteiger partial charge is 0.536 e. The smallest absolute Gasteiger partial charge is 0.373 e. The molecule has 0 spiro atoms. The third kappa shape index (κ3) is 2.31. The monoisotopic (exact) mass is 254 g/mol. The lowest BCUT2D eigenvalue weighted by Crippen LogP contribution is -2.57. The summed E-state index contributed by atoms with van der Waals surface area (Å²) in [5, 5.41) is 1.09. The first-order valence-electron chi connectivity index (χ1n) is 5.66. The summed E-state index contributed by atoms with van der Waals surface area (Å²) in [4.78, 5) is 0. The van der Waals surface area contributed by atoms with Crippen LogP contribution in [-0.4, -0.2) is 30.1 Å². The lowest BCUT2D eigenvalue weighted by Gasteiger charge is -2.28. The standard InChI is InChI=1S/C13H22O3Si/c1-9-8-10(2)13(12(4)11(9)3)17(14-5,15-6)16-7/h8H,1-7H3. The molecule has 96 valence electrons. The van der Waals surface area contributed by atoms with Crippen LogP contribution < -0.4 is 5.19 Å². The molecule has 0 aromatic heterocycles. The number of rotatable bonds is 4. The Morgan fingerprint density at radius 1 is 0.765 bits per heavy atom. The summed E-state index contributed by atoms with van der Waals surface area (Å²) >= 11 is 0. The molecule has 0 radical (unpaired) electrons. The molecule has 1 rings (SSSR count). The highest BCUT2D eigenvalue weighted by Crippen LogP contribution is 2.19. The Bertz CT molecular complexity index is 403.